The van der Waals surface area contributed by atoms with E-state index in [9.17, 15) is 9.59 Å². The Morgan fingerprint density at radius 1 is 1.58 bits per heavy atom. The second kappa shape index (κ2) is 3.56. The number of hydrogen-bond donors (Lipinski definition) is 1. The van der Waals surface area contributed by atoms with Gasteiger partial charge in [0.25, 0.3) is 0 Å². The fraction of sp³-hybridized carbons (Fsp3) is 0.750. The van der Waals surface area contributed by atoms with Gasteiger partial charge in [-0.05, 0) is 19.3 Å². The van der Waals surface area contributed by atoms with Gasteiger partial charge in [-0.1, -0.05) is 0 Å². The van der Waals surface area contributed by atoms with Crippen molar-refractivity contribution in [2.75, 3.05) is 6.61 Å². The van der Waals surface area contributed by atoms with Gasteiger partial charge in [0.2, 0.25) is 0 Å². The van der Waals surface area contributed by atoms with Crippen molar-refractivity contribution in [2.24, 2.45) is 11.8 Å². The van der Waals surface area contributed by atoms with Gasteiger partial charge in [-0.25, -0.2) is 0 Å². The third kappa shape index (κ3) is 2.22. The monoisotopic (exact) mass is 172 g/mol. The van der Waals surface area contributed by atoms with Gasteiger partial charge in [0.1, 0.15) is 0 Å². The number of carboxylic acids is 1. The normalized spacial score (nSPS) is 26.4. The van der Waals surface area contributed by atoms with Crippen molar-refractivity contribution in [3.63, 3.8) is 0 Å². The minimum Gasteiger partial charge on any atom is -0.481 e. The zero-order chi connectivity index (χ0) is 9.14. The summed E-state index contributed by atoms with van der Waals surface area (Å²) in [7, 11) is 0. The molecule has 2 atom stereocenters. The molecule has 12 heavy (non-hydrogen) atoms. The number of ether oxygens (including phenoxy) is 1. The van der Waals surface area contributed by atoms with Crippen molar-refractivity contribution >= 4 is 11.9 Å². The molecule has 4 heteroatoms. The fourth-order valence-corrected chi connectivity index (χ4v) is 1.24. The lowest BCUT2D eigenvalue weighted by Crippen LogP contribution is -2.08. The average molecular weight is 172 g/mol. The lowest BCUT2D eigenvalue weighted by atomic mass is 10.2. The highest BCUT2D eigenvalue weighted by Crippen LogP contribution is 2.41. The third-order valence-corrected chi connectivity index (χ3v) is 1.95. The first-order valence-corrected chi connectivity index (χ1v) is 4.03. The Kier molecular flexibility index (Phi) is 2.68. The molecule has 0 radical (unpaired) electrons. The quantitative estimate of drug-likeness (QED) is 0.633. The summed E-state index contributed by atoms with van der Waals surface area (Å²) in [6, 6.07) is 0. The van der Waals surface area contributed by atoms with Crippen molar-refractivity contribution in [3.05, 3.63) is 0 Å². The Morgan fingerprint density at radius 3 is 2.75 bits per heavy atom. The molecule has 0 heterocycles. The molecule has 0 spiro atoms. The van der Waals surface area contributed by atoms with Crippen LogP contribution in [0.5, 0.6) is 0 Å². The summed E-state index contributed by atoms with van der Waals surface area (Å²) in [4.78, 5) is 21.2. The second-order valence-corrected chi connectivity index (χ2v) is 2.95. The number of rotatable bonds is 4. The van der Waals surface area contributed by atoms with E-state index in [4.69, 9.17) is 9.84 Å². The van der Waals surface area contributed by atoms with Gasteiger partial charge < -0.3 is 9.84 Å². The highest BCUT2D eigenvalue weighted by atomic mass is 16.5. The standard InChI is InChI=1S/C8H12O4/c1-2-12-8(11)6-3-5(6)4-7(9)10/h5-6H,2-4H2,1H3,(H,9,10)/t5-,6+/m1/s1. The summed E-state index contributed by atoms with van der Waals surface area (Å²) in [5, 5.41) is 8.40. The smallest absolute Gasteiger partial charge is 0.309 e. The largest absolute Gasteiger partial charge is 0.481 e. The molecule has 1 N–H and O–H groups in total. The van der Waals surface area contributed by atoms with Crippen LogP contribution in [0.25, 0.3) is 0 Å². The van der Waals surface area contributed by atoms with Gasteiger partial charge in [0.15, 0.2) is 0 Å². The Bertz CT molecular complexity index is 199. The van der Waals surface area contributed by atoms with Crippen LogP contribution in [0.1, 0.15) is 19.8 Å². The number of hydrogen-bond acceptors (Lipinski definition) is 3. The van der Waals surface area contributed by atoms with E-state index in [1.165, 1.54) is 0 Å². The van der Waals surface area contributed by atoms with Crippen molar-refractivity contribution in [2.45, 2.75) is 19.8 Å². The summed E-state index contributed by atoms with van der Waals surface area (Å²) in [5.74, 6) is -1.22. The lowest BCUT2D eigenvalue weighted by Gasteiger charge is -1.98. The minimum absolute atomic E-state index is 0.0153. The molecular weight excluding hydrogens is 160 g/mol. The number of carboxylic acid groups (broad SMARTS) is 1. The fourth-order valence-electron chi connectivity index (χ4n) is 1.24. The molecule has 1 fully saturated rings. The van der Waals surface area contributed by atoms with Gasteiger partial charge in [-0.15, -0.1) is 0 Å². The molecule has 0 amide bonds. The zero-order valence-corrected chi connectivity index (χ0v) is 6.95. The van der Waals surface area contributed by atoms with Crippen molar-refractivity contribution in [1.82, 2.24) is 0 Å². The van der Waals surface area contributed by atoms with Gasteiger partial charge in [-0.3, -0.25) is 9.59 Å². The van der Waals surface area contributed by atoms with E-state index in [0.29, 0.717) is 13.0 Å². The summed E-state index contributed by atoms with van der Waals surface area (Å²) in [6.07, 6.45) is 0.759. The molecule has 0 aromatic carbocycles. The Balaban J connectivity index is 2.23. The summed E-state index contributed by atoms with van der Waals surface area (Å²) in [6.45, 7) is 2.11. The maximum Gasteiger partial charge on any atom is 0.309 e. The lowest BCUT2D eigenvalue weighted by molar-refractivity contribution is -0.145. The predicted molar refractivity (Wildman–Crippen MR) is 40.5 cm³/mol. The van der Waals surface area contributed by atoms with Crippen LogP contribution in [0, 0.1) is 11.8 Å². The number of carbonyl (C=O) groups excluding carboxylic acids is 1. The summed E-state index contributed by atoms with van der Waals surface area (Å²) in [5.41, 5.74) is 0. The van der Waals surface area contributed by atoms with Gasteiger partial charge in [0, 0.05) is 6.42 Å². The van der Waals surface area contributed by atoms with E-state index in [1.54, 1.807) is 6.92 Å². The van der Waals surface area contributed by atoms with E-state index >= 15 is 0 Å². The maximum absolute atomic E-state index is 11.0. The number of aliphatic carboxylic acids is 1. The molecule has 0 bridgehead atoms. The van der Waals surface area contributed by atoms with Crippen LogP contribution < -0.4 is 0 Å². The van der Waals surface area contributed by atoms with Crippen LogP contribution in [0.3, 0.4) is 0 Å². The van der Waals surface area contributed by atoms with Crippen LogP contribution in [-0.2, 0) is 14.3 Å². The Hall–Kier alpha value is -1.06. The van der Waals surface area contributed by atoms with Crippen LogP contribution in [-0.4, -0.2) is 23.7 Å². The molecule has 0 saturated heterocycles. The van der Waals surface area contributed by atoms with Gasteiger partial charge in [-0.2, -0.15) is 0 Å². The van der Waals surface area contributed by atoms with Crippen molar-refractivity contribution in [3.8, 4) is 0 Å². The molecule has 1 saturated carbocycles. The van der Waals surface area contributed by atoms with E-state index in [2.05, 4.69) is 0 Å². The first kappa shape index (κ1) is 9.03. The van der Waals surface area contributed by atoms with E-state index in [1.807, 2.05) is 0 Å². The predicted octanol–water partition coefficient (Wildman–Crippen LogP) is 0.660. The highest BCUT2D eigenvalue weighted by molar-refractivity contribution is 5.77. The molecule has 1 aliphatic rings. The van der Waals surface area contributed by atoms with Gasteiger partial charge >= 0.3 is 11.9 Å². The topological polar surface area (TPSA) is 63.6 Å². The van der Waals surface area contributed by atoms with Crippen LogP contribution in [0.4, 0.5) is 0 Å². The SMILES string of the molecule is CCOC(=O)[C@H]1C[C@@H]1CC(=O)O. The molecule has 68 valence electrons. The van der Waals surface area contributed by atoms with E-state index in [0.717, 1.165) is 0 Å². The maximum atomic E-state index is 11.0. The van der Waals surface area contributed by atoms with Crippen LogP contribution >= 0.6 is 0 Å². The molecule has 0 aromatic heterocycles. The second-order valence-electron chi connectivity index (χ2n) is 2.95. The Morgan fingerprint density at radius 2 is 2.25 bits per heavy atom. The zero-order valence-electron chi connectivity index (χ0n) is 6.95. The molecule has 0 aliphatic heterocycles. The molecular formula is C8H12O4. The average Bonchev–Trinajstić information content (AvgIpc) is 2.67. The molecule has 1 rings (SSSR count). The summed E-state index contributed by atoms with van der Waals surface area (Å²) < 4.78 is 4.75. The first-order chi connectivity index (χ1) is 5.65. The van der Waals surface area contributed by atoms with E-state index < -0.39 is 5.97 Å². The highest BCUT2D eigenvalue weighted by Gasteiger charge is 2.45. The number of esters is 1. The van der Waals surface area contributed by atoms with Gasteiger partial charge in [0.05, 0.1) is 12.5 Å². The van der Waals surface area contributed by atoms with Crippen molar-refractivity contribution < 1.29 is 19.4 Å². The van der Waals surface area contributed by atoms with Crippen LogP contribution in [0.2, 0.25) is 0 Å². The molecule has 4 nitrogen and oxygen atoms in total. The molecule has 1 aliphatic carbocycles. The van der Waals surface area contributed by atoms with Crippen molar-refractivity contribution in [1.29, 1.82) is 0 Å². The molecule has 0 aromatic rings. The first-order valence-electron chi connectivity index (χ1n) is 4.03. The third-order valence-electron chi connectivity index (χ3n) is 1.95. The molecule has 0 unspecified atom stereocenters. The summed E-state index contributed by atoms with van der Waals surface area (Å²) >= 11 is 0. The number of carbonyl (C=O) groups is 2. The van der Waals surface area contributed by atoms with Crippen LogP contribution in [0.15, 0.2) is 0 Å². The Labute approximate surface area is 70.5 Å². The van der Waals surface area contributed by atoms with E-state index in [-0.39, 0.29) is 24.2 Å². The minimum atomic E-state index is -0.841.